The molecule has 315 valence electrons. The predicted octanol–water partition coefficient (Wildman–Crippen LogP) is 14.0. The molecule has 0 N–H and O–H groups in total. The van der Waals surface area contributed by atoms with Crippen LogP contribution in [-0.2, 0) is 26.5 Å². The zero-order valence-corrected chi connectivity index (χ0v) is 40.2. The number of benzene rings is 6. The fraction of sp³-hybridized carbons (Fsp3) is 0.161. The van der Waals surface area contributed by atoms with Crippen molar-refractivity contribution in [2.24, 2.45) is 5.92 Å². The Kier molecular flexibility index (Phi) is 12.6. The van der Waals surface area contributed by atoms with Crippen molar-refractivity contribution in [2.75, 3.05) is 0 Å². The van der Waals surface area contributed by atoms with E-state index >= 15 is 0 Å². The summed E-state index contributed by atoms with van der Waals surface area (Å²) < 4.78 is 8.81. The minimum atomic E-state index is -1.34. The van der Waals surface area contributed by atoms with Gasteiger partial charge in [-0.05, 0) is 84.1 Å². The molecule has 0 unspecified atom stereocenters. The number of hydrogen-bond donors (Lipinski definition) is 0. The Morgan fingerprint density at radius 3 is 2.16 bits per heavy atom. The first kappa shape index (κ1) is 43.4. The van der Waals surface area contributed by atoms with Crippen molar-refractivity contribution in [1.29, 1.82) is 0 Å². The summed E-state index contributed by atoms with van der Waals surface area (Å²) >= 11 is 0. The van der Waals surface area contributed by atoms with E-state index in [1.807, 2.05) is 36.4 Å². The van der Waals surface area contributed by atoms with Crippen LogP contribution >= 0.6 is 0 Å². The Balaban J connectivity index is 0.000000219. The number of imidazole rings is 1. The van der Waals surface area contributed by atoms with Gasteiger partial charge in [0.25, 0.3) is 0 Å². The molecule has 0 spiro atoms. The molecular weight excluding hydrogens is 965 g/mol. The van der Waals surface area contributed by atoms with Crippen molar-refractivity contribution in [2.45, 2.75) is 53.8 Å². The van der Waals surface area contributed by atoms with Gasteiger partial charge in [0, 0.05) is 48.5 Å². The summed E-state index contributed by atoms with van der Waals surface area (Å²) in [7, 11) is -1.34. The van der Waals surface area contributed by atoms with Crippen molar-refractivity contribution >= 4 is 46.4 Å². The molecule has 0 saturated carbocycles. The standard InChI is InChI=1S/C38H26N3O.C18H24NSi.Ir/c1-24-12-10-13-25(2)35(24)32-23-22-29-28-17-11-18-30(36(28)42-38(29)40-32)37-39-31-19-7-9-21-34(31)41(37)33-20-8-6-16-27(33)26-14-4-3-5-15-26;1-14(2)11-16-12-17(15-9-7-6-8-10-15)19-13-18(16)20(3,4)5;/h3-17,19-23H,1-2H3;6-9,12-14H,11H2,1-5H3;/q2*-1;. The molecule has 63 heavy (non-hydrogen) atoms. The summed E-state index contributed by atoms with van der Waals surface area (Å²) in [6.45, 7) is 16.0. The number of para-hydroxylation sites is 3. The van der Waals surface area contributed by atoms with Crippen molar-refractivity contribution in [1.82, 2.24) is 19.5 Å². The quantitative estimate of drug-likeness (QED) is 0.112. The van der Waals surface area contributed by atoms with E-state index in [4.69, 9.17) is 14.4 Å². The molecule has 1 radical (unpaired) electrons. The Morgan fingerprint density at radius 1 is 0.683 bits per heavy atom. The van der Waals surface area contributed by atoms with Gasteiger partial charge in [0.2, 0.25) is 5.71 Å². The van der Waals surface area contributed by atoms with Gasteiger partial charge in [0.1, 0.15) is 0 Å². The molecule has 0 amide bonds. The molecule has 0 fully saturated rings. The smallest absolute Gasteiger partial charge is 0.216 e. The first-order valence-corrected chi connectivity index (χ1v) is 24.9. The van der Waals surface area contributed by atoms with Crippen molar-refractivity contribution in [3.8, 4) is 50.7 Å². The zero-order valence-electron chi connectivity index (χ0n) is 36.8. The van der Waals surface area contributed by atoms with Crippen LogP contribution in [0.1, 0.15) is 30.5 Å². The largest absolute Gasteiger partial charge is 0.486 e. The van der Waals surface area contributed by atoms with E-state index in [1.54, 1.807) is 0 Å². The third-order valence-corrected chi connectivity index (χ3v) is 13.5. The van der Waals surface area contributed by atoms with E-state index in [0.717, 1.165) is 84.5 Å². The molecule has 10 rings (SSSR count). The number of aryl methyl sites for hydroxylation is 2. The average Bonchev–Trinajstić information content (AvgIpc) is 3.85. The Morgan fingerprint density at radius 2 is 1.41 bits per heavy atom. The fourth-order valence-corrected chi connectivity index (χ4v) is 10.2. The first-order valence-electron chi connectivity index (χ1n) is 21.4. The zero-order chi connectivity index (χ0) is 43.0. The van der Waals surface area contributed by atoms with Gasteiger partial charge in [0.05, 0.1) is 36.2 Å². The molecule has 0 aliphatic carbocycles. The van der Waals surface area contributed by atoms with E-state index in [9.17, 15) is 0 Å². The van der Waals surface area contributed by atoms with Gasteiger partial charge in [-0.2, -0.15) is 0 Å². The fourth-order valence-electron chi connectivity index (χ4n) is 8.60. The van der Waals surface area contributed by atoms with Crippen LogP contribution in [0.5, 0.6) is 0 Å². The van der Waals surface area contributed by atoms with Crippen LogP contribution in [0.15, 0.2) is 162 Å². The third-order valence-electron chi connectivity index (χ3n) is 11.5. The minimum absolute atomic E-state index is 0. The van der Waals surface area contributed by atoms with Gasteiger partial charge in [-0.3, -0.25) is 4.98 Å². The average molecular weight is 1020 g/mol. The minimum Gasteiger partial charge on any atom is -0.486 e. The Bertz CT molecular complexity index is 3180. The second kappa shape index (κ2) is 18.2. The summed E-state index contributed by atoms with van der Waals surface area (Å²) in [5, 5.41) is 3.46. The normalized spacial score (nSPS) is 11.5. The third kappa shape index (κ3) is 8.74. The first-order chi connectivity index (χ1) is 30.0. The van der Waals surface area contributed by atoms with E-state index in [2.05, 4.69) is 190 Å². The molecule has 0 atom stereocenters. The van der Waals surface area contributed by atoms with Gasteiger partial charge in [0.15, 0.2) is 0 Å². The summed E-state index contributed by atoms with van der Waals surface area (Å²) in [5.41, 5.74) is 15.4. The second-order valence-electron chi connectivity index (χ2n) is 17.5. The predicted molar refractivity (Wildman–Crippen MR) is 261 cm³/mol. The molecule has 0 aliphatic rings. The van der Waals surface area contributed by atoms with Crippen molar-refractivity contribution in [3.63, 3.8) is 0 Å². The molecule has 6 aromatic carbocycles. The van der Waals surface area contributed by atoms with Gasteiger partial charge >= 0.3 is 0 Å². The maximum Gasteiger partial charge on any atom is 0.216 e. The monoisotopic (exact) mass is 1020 g/mol. The molecule has 0 saturated heterocycles. The van der Waals surface area contributed by atoms with Gasteiger partial charge in [-0.25, -0.2) is 4.98 Å². The number of furan rings is 1. The molecular formula is C56H50IrN4OSi-2. The summed E-state index contributed by atoms with van der Waals surface area (Å²) in [4.78, 5) is 14.8. The number of pyridine rings is 2. The van der Waals surface area contributed by atoms with Crippen LogP contribution in [0.4, 0.5) is 0 Å². The molecule has 0 aliphatic heterocycles. The molecule has 4 aromatic heterocycles. The summed E-state index contributed by atoms with van der Waals surface area (Å²) in [6, 6.07) is 58.8. The Hall–Kier alpha value is -6.24. The van der Waals surface area contributed by atoms with E-state index in [-0.39, 0.29) is 20.1 Å². The van der Waals surface area contributed by atoms with Crippen LogP contribution in [0.3, 0.4) is 0 Å². The maximum atomic E-state index is 6.59. The van der Waals surface area contributed by atoms with Crippen LogP contribution in [-0.4, -0.2) is 27.6 Å². The molecule has 5 nitrogen and oxygen atoms in total. The number of hydrogen-bond acceptors (Lipinski definition) is 4. The van der Waals surface area contributed by atoms with E-state index < -0.39 is 8.07 Å². The van der Waals surface area contributed by atoms with E-state index in [0.29, 0.717) is 11.6 Å². The van der Waals surface area contributed by atoms with Gasteiger partial charge in [-0.15, -0.1) is 54.1 Å². The van der Waals surface area contributed by atoms with Crippen LogP contribution < -0.4 is 5.19 Å². The molecule has 10 aromatic rings. The van der Waals surface area contributed by atoms with Crippen LogP contribution in [0, 0.1) is 31.9 Å². The number of fused-ring (bicyclic) bond motifs is 4. The van der Waals surface area contributed by atoms with Crippen LogP contribution in [0.25, 0.3) is 83.8 Å². The van der Waals surface area contributed by atoms with Gasteiger partial charge < -0.3 is 14.0 Å². The van der Waals surface area contributed by atoms with E-state index in [1.165, 1.54) is 21.9 Å². The van der Waals surface area contributed by atoms with Gasteiger partial charge in [-0.1, -0.05) is 135 Å². The topological polar surface area (TPSA) is 56.7 Å². The van der Waals surface area contributed by atoms with Crippen LogP contribution in [0.2, 0.25) is 19.6 Å². The number of aromatic nitrogens is 4. The van der Waals surface area contributed by atoms with Crippen molar-refractivity contribution < 1.29 is 24.5 Å². The molecule has 0 bridgehead atoms. The Labute approximate surface area is 385 Å². The SMILES string of the molecule is CC(C)Cc1cc(-c2[c-]cccc2)ncc1[Si](C)(C)C.Cc1cccc(C)c1-c1ccc2c(n1)oc1c(-c3nc4ccccc4n3-c3ccccc3-c3ccccc3)[c-]ccc12.[Ir]. The molecule has 4 heterocycles. The second-order valence-corrected chi connectivity index (χ2v) is 22.5. The van der Waals surface area contributed by atoms with Crippen molar-refractivity contribution in [3.05, 3.63) is 187 Å². The number of nitrogens with zero attached hydrogens (tertiary/aromatic N) is 4. The number of rotatable bonds is 8. The summed E-state index contributed by atoms with van der Waals surface area (Å²) in [6.07, 6.45) is 3.24. The maximum absolute atomic E-state index is 6.59. The summed E-state index contributed by atoms with van der Waals surface area (Å²) in [5.74, 6) is 1.44. The molecule has 7 heteroatoms.